The SMILES string of the molecule is C/C=C/CCNC(=NC)NC(C)CCc1ccccc1.I. The Morgan fingerprint density at radius 2 is 2.00 bits per heavy atom. The monoisotopic (exact) mass is 401 g/mol. The van der Waals surface area contributed by atoms with Crippen LogP contribution in [0.5, 0.6) is 0 Å². The molecule has 1 rings (SSSR count). The van der Waals surface area contributed by atoms with Crippen molar-refractivity contribution < 1.29 is 0 Å². The first-order chi connectivity index (χ1) is 9.76. The third-order valence-corrected chi connectivity index (χ3v) is 3.15. The van der Waals surface area contributed by atoms with Gasteiger partial charge in [-0.25, -0.2) is 0 Å². The Labute approximate surface area is 146 Å². The molecule has 0 saturated carbocycles. The number of aryl methyl sites for hydroxylation is 1. The van der Waals surface area contributed by atoms with Crippen molar-refractivity contribution in [1.82, 2.24) is 10.6 Å². The van der Waals surface area contributed by atoms with E-state index in [0.717, 1.165) is 31.8 Å². The summed E-state index contributed by atoms with van der Waals surface area (Å²) in [4.78, 5) is 4.25. The van der Waals surface area contributed by atoms with E-state index in [4.69, 9.17) is 0 Å². The molecule has 2 N–H and O–H groups in total. The van der Waals surface area contributed by atoms with Crippen LogP contribution >= 0.6 is 24.0 Å². The molecule has 1 aromatic rings. The first kappa shape index (κ1) is 20.0. The molecule has 0 spiro atoms. The van der Waals surface area contributed by atoms with Crippen molar-refractivity contribution in [2.24, 2.45) is 4.99 Å². The molecular weight excluding hydrogens is 373 g/mol. The van der Waals surface area contributed by atoms with Crippen LogP contribution < -0.4 is 10.6 Å². The van der Waals surface area contributed by atoms with E-state index in [1.54, 1.807) is 0 Å². The summed E-state index contributed by atoms with van der Waals surface area (Å²) in [5.41, 5.74) is 1.39. The van der Waals surface area contributed by atoms with Crippen molar-refractivity contribution in [1.29, 1.82) is 0 Å². The van der Waals surface area contributed by atoms with Gasteiger partial charge in [0.05, 0.1) is 0 Å². The Hall–Kier alpha value is -1.04. The highest BCUT2D eigenvalue weighted by atomic mass is 127. The molecule has 1 unspecified atom stereocenters. The van der Waals surface area contributed by atoms with Gasteiger partial charge in [-0.15, -0.1) is 24.0 Å². The number of nitrogens with one attached hydrogen (secondary N) is 2. The maximum absolute atomic E-state index is 4.25. The molecule has 0 aliphatic heterocycles. The van der Waals surface area contributed by atoms with Crippen molar-refractivity contribution in [3.8, 4) is 0 Å². The molecule has 0 radical (unpaired) electrons. The Balaban J connectivity index is 0.00000400. The standard InChI is InChI=1S/C17H27N3.HI/c1-4-5-9-14-19-17(18-3)20-15(2)12-13-16-10-7-6-8-11-16;/h4-8,10-11,15H,9,12-14H2,1-3H3,(H2,18,19,20);1H/b5-4+;. The van der Waals surface area contributed by atoms with E-state index in [1.165, 1.54) is 5.56 Å². The zero-order chi connectivity index (χ0) is 14.6. The fraction of sp³-hybridized carbons (Fsp3) is 0.471. The number of hydrogen-bond acceptors (Lipinski definition) is 1. The van der Waals surface area contributed by atoms with Gasteiger partial charge in [0, 0.05) is 19.6 Å². The fourth-order valence-electron chi connectivity index (χ4n) is 1.97. The Morgan fingerprint density at radius 3 is 2.62 bits per heavy atom. The average Bonchev–Trinajstić information content (AvgIpc) is 2.49. The zero-order valence-corrected chi connectivity index (χ0v) is 15.6. The zero-order valence-electron chi connectivity index (χ0n) is 13.3. The summed E-state index contributed by atoms with van der Waals surface area (Å²) in [6, 6.07) is 11.0. The quantitative estimate of drug-likeness (QED) is 0.240. The van der Waals surface area contributed by atoms with Crippen LogP contribution in [-0.2, 0) is 6.42 Å². The number of halogens is 1. The van der Waals surface area contributed by atoms with Gasteiger partial charge in [0.2, 0.25) is 0 Å². The van der Waals surface area contributed by atoms with Crippen molar-refractivity contribution in [3.05, 3.63) is 48.0 Å². The van der Waals surface area contributed by atoms with Crippen molar-refractivity contribution in [2.45, 2.75) is 39.2 Å². The third kappa shape index (κ3) is 9.50. The van der Waals surface area contributed by atoms with Gasteiger partial charge in [-0.3, -0.25) is 4.99 Å². The van der Waals surface area contributed by atoms with E-state index in [0.29, 0.717) is 6.04 Å². The van der Waals surface area contributed by atoms with Crippen LogP contribution in [0.1, 0.15) is 32.3 Å². The maximum Gasteiger partial charge on any atom is 0.191 e. The molecular formula is C17H28IN3. The van der Waals surface area contributed by atoms with Crippen LogP contribution in [0.3, 0.4) is 0 Å². The summed E-state index contributed by atoms with van der Waals surface area (Å²) < 4.78 is 0. The summed E-state index contributed by atoms with van der Waals surface area (Å²) >= 11 is 0. The number of allylic oxidation sites excluding steroid dienone is 1. The van der Waals surface area contributed by atoms with Gasteiger partial charge in [-0.2, -0.15) is 0 Å². The van der Waals surface area contributed by atoms with E-state index >= 15 is 0 Å². The van der Waals surface area contributed by atoms with E-state index in [2.05, 4.69) is 65.0 Å². The predicted molar refractivity (Wildman–Crippen MR) is 104 cm³/mol. The minimum absolute atomic E-state index is 0. The largest absolute Gasteiger partial charge is 0.356 e. The van der Waals surface area contributed by atoms with Crippen LogP contribution in [0.25, 0.3) is 0 Å². The molecule has 0 aliphatic carbocycles. The molecule has 0 amide bonds. The lowest BCUT2D eigenvalue weighted by atomic mass is 10.1. The van der Waals surface area contributed by atoms with Gasteiger partial charge in [0.1, 0.15) is 0 Å². The second-order valence-corrected chi connectivity index (χ2v) is 4.93. The second kappa shape index (κ2) is 12.7. The predicted octanol–water partition coefficient (Wildman–Crippen LogP) is 3.76. The molecule has 0 fully saturated rings. The number of hydrogen-bond donors (Lipinski definition) is 2. The van der Waals surface area contributed by atoms with Crippen LogP contribution in [0.2, 0.25) is 0 Å². The number of nitrogens with zero attached hydrogens (tertiary/aromatic N) is 1. The number of rotatable bonds is 7. The summed E-state index contributed by atoms with van der Waals surface area (Å²) in [7, 11) is 1.81. The highest BCUT2D eigenvalue weighted by Gasteiger charge is 2.04. The molecule has 118 valence electrons. The van der Waals surface area contributed by atoms with Crippen molar-refractivity contribution in [2.75, 3.05) is 13.6 Å². The lowest BCUT2D eigenvalue weighted by Crippen LogP contribution is -2.42. The average molecular weight is 401 g/mol. The van der Waals surface area contributed by atoms with E-state index in [-0.39, 0.29) is 24.0 Å². The maximum atomic E-state index is 4.25. The smallest absolute Gasteiger partial charge is 0.191 e. The molecule has 4 heteroatoms. The van der Waals surface area contributed by atoms with Crippen molar-refractivity contribution >= 4 is 29.9 Å². The first-order valence-electron chi connectivity index (χ1n) is 7.38. The van der Waals surface area contributed by atoms with E-state index < -0.39 is 0 Å². The molecule has 0 bridgehead atoms. The normalized spacial score (nSPS) is 12.8. The highest BCUT2D eigenvalue weighted by Crippen LogP contribution is 2.04. The van der Waals surface area contributed by atoms with Gasteiger partial charge < -0.3 is 10.6 Å². The Bertz CT molecular complexity index is 415. The van der Waals surface area contributed by atoms with Crippen LogP contribution in [0.4, 0.5) is 0 Å². The van der Waals surface area contributed by atoms with E-state index in [9.17, 15) is 0 Å². The summed E-state index contributed by atoms with van der Waals surface area (Å²) in [5, 5.41) is 6.75. The number of aliphatic imine (C=N–C) groups is 1. The Morgan fingerprint density at radius 1 is 1.29 bits per heavy atom. The molecule has 0 aromatic heterocycles. The first-order valence-corrected chi connectivity index (χ1v) is 7.38. The molecule has 3 nitrogen and oxygen atoms in total. The summed E-state index contributed by atoms with van der Waals surface area (Å²) in [6.07, 6.45) is 7.43. The van der Waals surface area contributed by atoms with Gasteiger partial charge in [-0.05, 0) is 38.7 Å². The van der Waals surface area contributed by atoms with Crippen LogP contribution in [0.15, 0.2) is 47.5 Å². The third-order valence-electron chi connectivity index (χ3n) is 3.15. The topological polar surface area (TPSA) is 36.4 Å². The molecule has 21 heavy (non-hydrogen) atoms. The van der Waals surface area contributed by atoms with Gasteiger partial charge in [0.25, 0.3) is 0 Å². The van der Waals surface area contributed by atoms with Gasteiger partial charge >= 0.3 is 0 Å². The minimum atomic E-state index is 0. The molecule has 0 heterocycles. The molecule has 0 aliphatic rings. The lowest BCUT2D eigenvalue weighted by molar-refractivity contribution is 0.593. The summed E-state index contributed by atoms with van der Waals surface area (Å²) in [6.45, 7) is 5.15. The number of benzene rings is 1. The highest BCUT2D eigenvalue weighted by molar-refractivity contribution is 14.0. The van der Waals surface area contributed by atoms with Crippen molar-refractivity contribution in [3.63, 3.8) is 0 Å². The summed E-state index contributed by atoms with van der Waals surface area (Å²) in [5.74, 6) is 0.884. The number of guanidine groups is 1. The minimum Gasteiger partial charge on any atom is -0.356 e. The fourth-order valence-corrected chi connectivity index (χ4v) is 1.97. The lowest BCUT2D eigenvalue weighted by Gasteiger charge is -2.17. The van der Waals surface area contributed by atoms with E-state index in [1.807, 2.05) is 14.0 Å². The molecule has 1 atom stereocenters. The van der Waals surface area contributed by atoms with Gasteiger partial charge in [-0.1, -0.05) is 42.5 Å². The Kier molecular flexibility index (Phi) is 12.1. The second-order valence-electron chi connectivity index (χ2n) is 4.93. The molecule has 1 aromatic carbocycles. The van der Waals surface area contributed by atoms with Crippen LogP contribution in [0, 0.1) is 0 Å². The van der Waals surface area contributed by atoms with Gasteiger partial charge in [0.15, 0.2) is 5.96 Å². The molecule has 0 saturated heterocycles. The van der Waals surface area contributed by atoms with Crippen LogP contribution in [-0.4, -0.2) is 25.6 Å².